The van der Waals surface area contributed by atoms with E-state index in [-0.39, 0.29) is 30.2 Å². The number of carbonyl (C=O) groups excluding carboxylic acids is 3. The summed E-state index contributed by atoms with van der Waals surface area (Å²) in [6.45, 7) is 6.75. The molecule has 218 valence electrons. The summed E-state index contributed by atoms with van der Waals surface area (Å²) in [5.74, 6) is -3.42. The molecule has 0 bridgehead atoms. The van der Waals surface area contributed by atoms with Gasteiger partial charge in [-0.05, 0) is 61.4 Å². The predicted molar refractivity (Wildman–Crippen MR) is 152 cm³/mol. The fourth-order valence-electron chi connectivity index (χ4n) is 7.96. The number of rotatable bonds is 5. The maximum absolute atomic E-state index is 14.2. The Morgan fingerprint density at radius 3 is 2.85 bits per heavy atom. The standard InChI is InChI=1S/C31H39N5O5/c1-5-30(29(39)36-24(12-17(2)3)28(38)35-11-7-10-25(35)31(36,40)41-30)33-27(37)19-13-21-20-8-6-9-22-26(20)18(15-32-22)14-23(21)34(4)16-19/h6,8-9,13,15,17,19,23-25,32,40H,5,7,10-12,14,16H2,1-4H3,(H,33,37)/t19-,23+,24-,25+,30-,31+/m1/s1. The van der Waals surface area contributed by atoms with E-state index in [2.05, 4.69) is 33.5 Å². The van der Waals surface area contributed by atoms with Crippen molar-refractivity contribution in [1.82, 2.24) is 25.0 Å². The van der Waals surface area contributed by atoms with Gasteiger partial charge < -0.3 is 20.3 Å². The molecule has 3 amide bonds. The Hall–Kier alpha value is -3.21. The molecule has 7 rings (SSSR count). The number of carbonyl (C=O) groups is 3. The predicted octanol–water partition coefficient (Wildman–Crippen LogP) is 2.18. The maximum Gasteiger partial charge on any atom is 0.280 e. The molecular weight excluding hydrogens is 522 g/mol. The van der Waals surface area contributed by atoms with Crippen molar-refractivity contribution in [3.8, 4) is 0 Å². The van der Waals surface area contributed by atoms with E-state index in [0.717, 1.165) is 29.5 Å². The number of ether oxygens (including phenoxy) is 1. The molecule has 41 heavy (non-hydrogen) atoms. The number of likely N-dealkylation sites (N-methyl/N-ethyl adjacent to an activating group) is 1. The van der Waals surface area contributed by atoms with E-state index in [1.54, 1.807) is 11.8 Å². The van der Waals surface area contributed by atoms with Gasteiger partial charge in [0.25, 0.3) is 11.8 Å². The molecule has 0 spiro atoms. The highest BCUT2D eigenvalue weighted by molar-refractivity contribution is 6.01. The summed E-state index contributed by atoms with van der Waals surface area (Å²) in [6, 6.07) is 4.86. The Morgan fingerprint density at radius 1 is 1.29 bits per heavy atom. The minimum atomic E-state index is -1.99. The van der Waals surface area contributed by atoms with Crippen molar-refractivity contribution < 1.29 is 24.2 Å². The summed E-state index contributed by atoms with van der Waals surface area (Å²) in [4.78, 5) is 50.2. The van der Waals surface area contributed by atoms with Crippen LogP contribution in [0.4, 0.5) is 0 Å². The molecular formula is C31H39N5O5. The Kier molecular flexibility index (Phi) is 5.95. The quantitative estimate of drug-likeness (QED) is 0.515. The van der Waals surface area contributed by atoms with Gasteiger partial charge in [0.05, 0.1) is 5.92 Å². The average molecular weight is 562 g/mol. The van der Waals surface area contributed by atoms with Crippen LogP contribution >= 0.6 is 0 Å². The average Bonchev–Trinajstić information content (AvgIpc) is 3.65. The van der Waals surface area contributed by atoms with Crippen molar-refractivity contribution in [2.75, 3.05) is 20.1 Å². The first-order chi connectivity index (χ1) is 19.6. The van der Waals surface area contributed by atoms with E-state index in [9.17, 15) is 19.5 Å². The van der Waals surface area contributed by atoms with E-state index in [4.69, 9.17) is 4.74 Å². The van der Waals surface area contributed by atoms with Gasteiger partial charge in [0, 0.05) is 42.7 Å². The lowest BCUT2D eigenvalue weighted by Crippen LogP contribution is -2.71. The van der Waals surface area contributed by atoms with Crippen LogP contribution in [0.5, 0.6) is 0 Å². The van der Waals surface area contributed by atoms with Gasteiger partial charge in [-0.1, -0.05) is 39.0 Å². The molecule has 5 aliphatic rings. The van der Waals surface area contributed by atoms with E-state index in [1.165, 1.54) is 15.8 Å². The molecule has 3 saturated heterocycles. The van der Waals surface area contributed by atoms with E-state index >= 15 is 0 Å². The highest BCUT2D eigenvalue weighted by Crippen LogP contribution is 2.47. The number of H-pyrrole nitrogens is 1. The lowest BCUT2D eigenvalue weighted by molar-refractivity contribution is -0.318. The number of nitrogens with zero attached hydrogens (tertiary/aromatic N) is 3. The molecule has 3 fully saturated rings. The Bertz CT molecular complexity index is 1480. The zero-order valence-electron chi connectivity index (χ0n) is 24.1. The third kappa shape index (κ3) is 3.69. The molecule has 4 aliphatic heterocycles. The van der Waals surface area contributed by atoms with Crippen molar-refractivity contribution >= 4 is 34.2 Å². The van der Waals surface area contributed by atoms with Gasteiger partial charge in [0.15, 0.2) is 0 Å². The van der Waals surface area contributed by atoms with Gasteiger partial charge in [0.2, 0.25) is 17.5 Å². The second-order valence-electron chi connectivity index (χ2n) is 12.9. The number of aliphatic hydroxyl groups is 1. The summed E-state index contributed by atoms with van der Waals surface area (Å²) in [6.07, 6.45) is 6.76. The van der Waals surface area contributed by atoms with Crippen LogP contribution in [0.15, 0.2) is 30.5 Å². The molecule has 1 aromatic carbocycles. The third-order valence-electron chi connectivity index (χ3n) is 9.92. The molecule has 1 aliphatic carbocycles. The molecule has 6 atom stereocenters. The summed E-state index contributed by atoms with van der Waals surface area (Å²) >= 11 is 0. The van der Waals surface area contributed by atoms with Crippen LogP contribution < -0.4 is 5.32 Å². The van der Waals surface area contributed by atoms with E-state index in [1.807, 2.05) is 33.0 Å². The smallest absolute Gasteiger partial charge is 0.280 e. The molecule has 10 heteroatoms. The van der Waals surface area contributed by atoms with Gasteiger partial charge in [-0.2, -0.15) is 0 Å². The van der Waals surface area contributed by atoms with Crippen LogP contribution in [0.2, 0.25) is 0 Å². The van der Waals surface area contributed by atoms with Gasteiger partial charge in [0.1, 0.15) is 12.1 Å². The maximum atomic E-state index is 14.2. The summed E-state index contributed by atoms with van der Waals surface area (Å²) in [5.41, 5.74) is 2.84. The van der Waals surface area contributed by atoms with Crippen LogP contribution in [0.1, 0.15) is 57.6 Å². The molecule has 0 unspecified atom stereocenters. The summed E-state index contributed by atoms with van der Waals surface area (Å²) in [7, 11) is 2.03. The van der Waals surface area contributed by atoms with Crippen molar-refractivity contribution in [2.24, 2.45) is 11.8 Å². The Balaban J connectivity index is 1.22. The Morgan fingerprint density at radius 2 is 2.10 bits per heavy atom. The number of amides is 3. The number of aromatic nitrogens is 1. The number of aromatic amines is 1. The first kappa shape index (κ1) is 26.7. The van der Waals surface area contributed by atoms with Gasteiger partial charge >= 0.3 is 0 Å². The minimum Gasteiger partial charge on any atom is -0.361 e. The fraction of sp³-hybridized carbons (Fsp3) is 0.581. The molecule has 2 aromatic rings. The number of hydrogen-bond donors (Lipinski definition) is 3. The highest BCUT2D eigenvalue weighted by atomic mass is 16.7. The molecule has 0 saturated carbocycles. The summed E-state index contributed by atoms with van der Waals surface area (Å²) < 4.78 is 6.32. The van der Waals surface area contributed by atoms with Crippen molar-refractivity contribution in [1.29, 1.82) is 0 Å². The largest absolute Gasteiger partial charge is 0.361 e. The number of benzene rings is 1. The lowest BCUT2D eigenvalue weighted by Gasteiger charge is -2.49. The fourth-order valence-corrected chi connectivity index (χ4v) is 7.96. The van der Waals surface area contributed by atoms with Crippen molar-refractivity contribution in [3.63, 3.8) is 0 Å². The molecule has 0 radical (unpaired) electrons. The third-order valence-corrected chi connectivity index (χ3v) is 9.92. The first-order valence-electron chi connectivity index (χ1n) is 15.0. The lowest BCUT2D eigenvalue weighted by atomic mass is 9.79. The van der Waals surface area contributed by atoms with Crippen LogP contribution in [-0.4, -0.2) is 92.4 Å². The number of fused-ring (bicyclic) bond motifs is 5. The van der Waals surface area contributed by atoms with Gasteiger partial charge in [-0.15, -0.1) is 0 Å². The van der Waals surface area contributed by atoms with Crippen molar-refractivity contribution in [2.45, 2.75) is 82.6 Å². The van der Waals surface area contributed by atoms with Crippen LogP contribution in [0.3, 0.4) is 0 Å². The minimum absolute atomic E-state index is 0.115. The second kappa shape index (κ2) is 9.14. The first-order valence-corrected chi connectivity index (χ1v) is 15.0. The Labute approximate surface area is 239 Å². The van der Waals surface area contributed by atoms with Crippen LogP contribution in [-0.2, 0) is 25.5 Å². The zero-order valence-corrected chi connectivity index (χ0v) is 24.1. The molecule has 10 nitrogen and oxygen atoms in total. The number of nitrogens with one attached hydrogen (secondary N) is 2. The second-order valence-corrected chi connectivity index (χ2v) is 12.9. The number of piperazine rings is 1. The van der Waals surface area contributed by atoms with E-state index < -0.39 is 35.5 Å². The summed E-state index contributed by atoms with van der Waals surface area (Å²) in [5, 5.41) is 16.2. The molecule has 3 N–H and O–H groups in total. The van der Waals surface area contributed by atoms with Crippen LogP contribution in [0, 0.1) is 11.8 Å². The van der Waals surface area contributed by atoms with Crippen molar-refractivity contribution in [3.05, 3.63) is 41.6 Å². The van der Waals surface area contributed by atoms with Gasteiger partial charge in [-0.25, -0.2) is 0 Å². The molecule has 5 heterocycles. The zero-order chi connectivity index (χ0) is 28.8. The highest BCUT2D eigenvalue weighted by Gasteiger charge is 2.70. The molecule has 1 aromatic heterocycles. The van der Waals surface area contributed by atoms with Crippen LogP contribution in [0.25, 0.3) is 16.5 Å². The topological polar surface area (TPSA) is 118 Å². The van der Waals surface area contributed by atoms with Gasteiger partial charge in [-0.3, -0.25) is 28.9 Å². The normalized spacial score (nSPS) is 34.6. The van der Waals surface area contributed by atoms with E-state index in [0.29, 0.717) is 25.9 Å². The monoisotopic (exact) mass is 561 g/mol. The SMILES string of the molecule is CC[C@@]1(NC(=O)[C@@H]2C=C3c4cccc5[nH]cc(c45)C[C@@H]3N(C)C2)O[C@@]2(O)[C@@H]3CCCN3C(=O)[C@@H](CC(C)C)N2C1=O. The number of hydrogen-bond acceptors (Lipinski definition) is 6.